The first-order valence-electron chi connectivity index (χ1n) is 10.3. The highest BCUT2D eigenvalue weighted by Crippen LogP contribution is 2.41. The molecule has 0 aromatic heterocycles. The van der Waals surface area contributed by atoms with Crippen LogP contribution in [0.15, 0.2) is 54.6 Å². The van der Waals surface area contributed by atoms with E-state index in [9.17, 15) is 14.9 Å². The Balaban J connectivity index is 1.31. The third-order valence-corrected chi connectivity index (χ3v) is 6.58. The van der Waals surface area contributed by atoms with E-state index in [1.165, 1.54) is 30.5 Å². The number of likely N-dealkylation sites (tertiary alicyclic amines) is 2. The average molecular weight is 393 g/mol. The SMILES string of the molecule is O=C(c1cccc([N+](=O)[O-])c1)N1CCC2(CCN(Cc3ccccc3)CC2)CC1. The predicted molar refractivity (Wildman–Crippen MR) is 112 cm³/mol. The molecule has 0 atom stereocenters. The van der Waals surface area contributed by atoms with Gasteiger partial charge in [0.15, 0.2) is 0 Å². The molecule has 152 valence electrons. The van der Waals surface area contributed by atoms with Gasteiger partial charge in [-0.1, -0.05) is 36.4 Å². The Bertz CT molecular complexity index is 866. The second-order valence-corrected chi connectivity index (χ2v) is 8.36. The van der Waals surface area contributed by atoms with Crippen LogP contribution in [0.5, 0.6) is 0 Å². The smallest absolute Gasteiger partial charge is 0.270 e. The van der Waals surface area contributed by atoms with Gasteiger partial charge < -0.3 is 4.90 Å². The standard InChI is InChI=1S/C23H27N3O3/c27-22(20-7-4-8-21(17-20)26(28)29)25-15-11-23(12-16-25)9-13-24(14-10-23)18-19-5-2-1-3-6-19/h1-8,17H,9-16,18H2. The third kappa shape index (κ3) is 4.48. The van der Waals surface area contributed by atoms with Crippen LogP contribution in [0.4, 0.5) is 5.69 Å². The summed E-state index contributed by atoms with van der Waals surface area (Å²) >= 11 is 0. The maximum Gasteiger partial charge on any atom is 0.270 e. The number of carbonyl (C=O) groups is 1. The average Bonchev–Trinajstić information content (AvgIpc) is 2.76. The lowest BCUT2D eigenvalue weighted by Crippen LogP contribution is -2.48. The van der Waals surface area contributed by atoms with Crippen molar-refractivity contribution < 1.29 is 9.72 Å². The summed E-state index contributed by atoms with van der Waals surface area (Å²) in [6, 6.07) is 16.7. The molecule has 6 nitrogen and oxygen atoms in total. The van der Waals surface area contributed by atoms with Gasteiger partial charge in [0.1, 0.15) is 0 Å². The van der Waals surface area contributed by atoms with Crippen LogP contribution in [0, 0.1) is 15.5 Å². The molecule has 29 heavy (non-hydrogen) atoms. The molecule has 1 spiro atoms. The zero-order chi connectivity index (χ0) is 20.3. The van der Waals surface area contributed by atoms with Gasteiger partial charge in [0.2, 0.25) is 0 Å². The first-order chi connectivity index (χ1) is 14.0. The van der Waals surface area contributed by atoms with Crippen molar-refractivity contribution in [1.29, 1.82) is 0 Å². The molecule has 0 N–H and O–H groups in total. The fourth-order valence-electron chi connectivity index (χ4n) is 4.65. The van der Waals surface area contributed by atoms with E-state index in [4.69, 9.17) is 0 Å². The third-order valence-electron chi connectivity index (χ3n) is 6.58. The Morgan fingerprint density at radius 1 is 0.931 bits per heavy atom. The van der Waals surface area contributed by atoms with Gasteiger partial charge in [-0.3, -0.25) is 19.8 Å². The molecule has 0 bridgehead atoms. The van der Waals surface area contributed by atoms with Crippen molar-refractivity contribution in [3.05, 3.63) is 75.8 Å². The van der Waals surface area contributed by atoms with Crippen molar-refractivity contribution in [2.24, 2.45) is 5.41 Å². The molecule has 2 aromatic carbocycles. The maximum absolute atomic E-state index is 12.8. The number of nitrogens with zero attached hydrogens (tertiary/aromatic N) is 3. The number of rotatable bonds is 4. The Kier molecular flexibility index (Phi) is 5.62. The minimum absolute atomic E-state index is 0.0323. The summed E-state index contributed by atoms with van der Waals surface area (Å²) in [5.41, 5.74) is 2.08. The number of nitro groups is 1. The zero-order valence-corrected chi connectivity index (χ0v) is 16.6. The largest absolute Gasteiger partial charge is 0.339 e. The van der Waals surface area contributed by atoms with Crippen molar-refractivity contribution in [2.45, 2.75) is 32.2 Å². The van der Waals surface area contributed by atoms with Gasteiger partial charge >= 0.3 is 0 Å². The lowest BCUT2D eigenvalue weighted by atomic mass is 9.71. The second kappa shape index (κ2) is 8.33. The fourth-order valence-corrected chi connectivity index (χ4v) is 4.65. The van der Waals surface area contributed by atoms with E-state index >= 15 is 0 Å². The molecule has 0 unspecified atom stereocenters. The molecule has 6 heteroatoms. The van der Waals surface area contributed by atoms with Crippen LogP contribution in [-0.2, 0) is 6.54 Å². The molecule has 2 aliphatic rings. The monoisotopic (exact) mass is 393 g/mol. The lowest BCUT2D eigenvalue weighted by molar-refractivity contribution is -0.384. The van der Waals surface area contributed by atoms with Gasteiger partial charge in [-0.15, -0.1) is 0 Å². The van der Waals surface area contributed by atoms with Crippen LogP contribution in [0.2, 0.25) is 0 Å². The number of hydrogen-bond acceptors (Lipinski definition) is 4. The Morgan fingerprint density at radius 3 is 2.24 bits per heavy atom. The first kappa shape index (κ1) is 19.6. The van der Waals surface area contributed by atoms with Gasteiger partial charge in [0.25, 0.3) is 11.6 Å². The Labute approximate surface area is 171 Å². The number of amides is 1. The fraction of sp³-hybridized carbons (Fsp3) is 0.435. The van der Waals surface area contributed by atoms with Crippen molar-refractivity contribution in [3.8, 4) is 0 Å². The highest BCUT2D eigenvalue weighted by Gasteiger charge is 2.38. The minimum atomic E-state index is -0.453. The number of non-ortho nitro benzene ring substituents is 1. The Hall–Kier alpha value is -2.73. The predicted octanol–water partition coefficient (Wildman–Crippen LogP) is 4.11. The molecule has 4 rings (SSSR count). The van der Waals surface area contributed by atoms with Crippen molar-refractivity contribution in [3.63, 3.8) is 0 Å². The lowest BCUT2D eigenvalue weighted by Gasteiger charge is -2.47. The second-order valence-electron chi connectivity index (χ2n) is 8.36. The number of benzene rings is 2. The maximum atomic E-state index is 12.8. The molecule has 2 fully saturated rings. The van der Waals surface area contributed by atoms with E-state index in [1.807, 2.05) is 4.90 Å². The molecule has 2 aliphatic heterocycles. The van der Waals surface area contributed by atoms with Crippen LogP contribution >= 0.6 is 0 Å². The normalized spacial score (nSPS) is 19.2. The molecule has 0 saturated carbocycles. The van der Waals surface area contributed by atoms with E-state index in [2.05, 4.69) is 35.2 Å². The van der Waals surface area contributed by atoms with Gasteiger partial charge in [0.05, 0.1) is 4.92 Å². The number of hydrogen-bond donors (Lipinski definition) is 0. The van der Waals surface area contributed by atoms with Crippen molar-refractivity contribution in [2.75, 3.05) is 26.2 Å². The molecular weight excluding hydrogens is 366 g/mol. The number of piperidine rings is 2. The summed E-state index contributed by atoms with van der Waals surface area (Å²) in [4.78, 5) is 27.7. The number of carbonyl (C=O) groups excluding carboxylic acids is 1. The summed E-state index contributed by atoms with van der Waals surface area (Å²) in [6.45, 7) is 4.69. The molecule has 2 aromatic rings. The first-order valence-corrected chi connectivity index (χ1v) is 10.3. The topological polar surface area (TPSA) is 66.7 Å². The van der Waals surface area contributed by atoms with Crippen LogP contribution in [0.3, 0.4) is 0 Å². The minimum Gasteiger partial charge on any atom is -0.339 e. The van der Waals surface area contributed by atoms with Crippen LogP contribution in [-0.4, -0.2) is 46.8 Å². The molecular formula is C23H27N3O3. The molecule has 2 saturated heterocycles. The van der Waals surface area contributed by atoms with Crippen LogP contribution in [0.25, 0.3) is 0 Å². The molecule has 1 amide bonds. The van der Waals surface area contributed by atoms with Crippen LogP contribution < -0.4 is 0 Å². The van der Waals surface area contributed by atoms with E-state index in [1.54, 1.807) is 12.1 Å². The zero-order valence-electron chi connectivity index (χ0n) is 16.6. The summed E-state index contributed by atoms with van der Waals surface area (Å²) < 4.78 is 0. The summed E-state index contributed by atoms with van der Waals surface area (Å²) in [5.74, 6) is -0.0925. The van der Waals surface area contributed by atoms with E-state index in [0.717, 1.165) is 45.6 Å². The van der Waals surface area contributed by atoms with Gasteiger partial charge in [0, 0.05) is 37.3 Å². The van der Waals surface area contributed by atoms with Crippen molar-refractivity contribution >= 4 is 11.6 Å². The highest BCUT2D eigenvalue weighted by molar-refractivity contribution is 5.94. The summed E-state index contributed by atoms with van der Waals surface area (Å²) in [7, 11) is 0. The number of nitro benzene ring substituents is 1. The molecule has 2 heterocycles. The van der Waals surface area contributed by atoms with Gasteiger partial charge in [-0.25, -0.2) is 0 Å². The quantitative estimate of drug-likeness (QED) is 0.579. The van der Waals surface area contributed by atoms with Crippen molar-refractivity contribution in [1.82, 2.24) is 9.80 Å². The van der Waals surface area contributed by atoms with E-state index in [0.29, 0.717) is 11.0 Å². The molecule has 0 aliphatic carbocycles. The van der Waals surface area contributed by atoms with Gasteiger partial charge in [-0.2, -0.15) is 0 Å². The highest BCUT2D eigenvalue weighted by atomic mass is 16.6. The van der Waals surface area contributed by atoms with Gasteiger partial charge in [-0.05, 0) is 55.8 Å². The Morgan fingerprint density at radius 2 is 1.59 bits per heavy atom. The summed E-state index contributed by atoms with van der Waals surface area (Å²) in [6.07, 6.45) is 4.40. The van der Waals surface area contributed by atoms with Crippen LogP contribution in [0.1, 0.15) is 41.6 Å². The van der Waals surface area contributed by atoms with E-state index < -0.39 is 4.92 Å². The molecule has 0 radical (unpaired) electrons. The van der Waals surface area contributed by atoms with E-state index in [-0.39, 0.29) is 11.6 Å². The summed E-state index contributed by atoms with van der Waals surface area (Å²) in [5, 5.41) is 11.0.